The molecule has 4 nitrogen and oxygen atoms in total. The zero-order chi connectivity index (χ0) is 9.42. The number of nitrogens with one attached hydrogen (secondary N) is 1. The Morgan fingerprint density at radius 2 is 2.23 bits per heavy atom. The van der Waals surface area contributed by atoms with E-state index >= 15 is 0 Å². The maximum absolute atomic E-state index is 11.3. The average molecular weight is 197 g/mol. The van der Waals surface area contributed by atoms with E-state index in [4.69, 9.17) is 11.6 Å². The summed E-state index contributed by atoms with van der Waals surface area (Å²) in [5, 5.41) is 9.64. The summed E-state index contributed by atoms with van der Waals surface area (Å²) in [4.78, 5) is 17.4. The molecule has 2 N–H and O–H groups in total. The SMILES string of the molecule is O=c1[nH]c(Cl)nc2c(O)cccc12. The topological polar surface area (TPSA) is 66.0 Å². The molecule has 1 heterocycles. The van der Waals surface area contributed by atoms with Crippen LogP contribution in [0.1, 0.15) is 0 Å². The van der Waals surface area contributed by atoms with Gasteiger partial charge in [0.05, 0.1) is 5.39 Å². The molecule has 0 bridgehead atoms. The fraction of sp³-hybridized carbons (Fsp3) is 0. The maximum atomic E-state index is 11.3. The number of aromatic amines is 1. The molecule has 0 fully saturated rings. The predicted octanol–water partition coefficient (Wildman–Crippen LogP) is 1.28. The van der Waals surface area contributed by atoms with Gasteiger partial charge in [-0.25, -0.2) is 4.98 Å². The van der Waals surface area contributed by atoms with Crippen molar-refractivity contribution in [3.63, 3.8) is 0 Å². The average Bonchev–Trinajstić information content (AvgIpc) is 2.07. The number of benzene rings is 1. The highest BCUT2D eigenvalue weighted by Gasteiger charge is 2.04. The van der Waals surface area contributed by atoms with E-state index in [1.54, 1.807) is 12.1 Å². The fourth-order valence-electron chi connectivity index (χ4n) is 1.12. The number of fused-ring (bicyclic) bond motifs is 1. The van der Waals surface area contributed by atoms with Gasteiger partial charge in [-0.05, 0) is 23.7 Å². The molecule has 0 aliphatic heterocycles. The molecular weight excluding hydrogens is 192 g/mol. The van der Waals surface area contributed by atoms with E-state index in [1.165, 1.54) is 6.07 Å². The van der Waals surface area contributed by atoms with Gasteiger partial charge in [-0.15, -0.1) is 0 Å². The number of aromatic nitrogens is 2. The second-order valence-corrected chi connectivity index (χ2v) is 2.89. The van der Waals surface area contributed by atoms with Crippen LogP contribution in [0.25, 0.3) is 10.9 Å². The van der Waals surface area contributed by atoms with E-state index < -0.39 is 0 Å². The van der Waals surface area contributed by atoms with Crippen LogP contribution in [-0.2, 0) is 0 Å². The Kier molecular flexibility index (Phi) is 1.70. The quantitative estimate of drug-likeness (QED) is 0.624. The van der Waals surface area contributed by atoms with E-state index in [-0.39, 0.29) is 22.1 Å². The number of rotatable bonds is 0. The summed E-state index contributed by atoms with van der Waals surface area (Å²) < 4.78 is 0. The summed E-state index contributed by atoms with van der Waals surface area (Å²) in [6.07, 6.45) is 0. The molecule has 66 valence electrons. The van der Waals surface area contributed by atoms with Crippen LogP contribution in [0.5, 0.6) is 5.75 Å². The second-order valence-electron chi connectivity index (χ2n) is 2.53. The van der Waals surface area contributed by atoms with Crippen molar-refractivity contribution in [3.8, 4) is 5.75 Å². The number of H-pyrrole nitrogens is 1. The van der Waals surface area contributed by atoms with Crippen molar-refractivity contribution in [1.82, 2.24) is 9.97 Å². The van der Waals surface area contributed by atoms with Gasteiger partial charge >= 0.3 is 0 Å². The fourth-order valence-corrected chi connectivity index (χ4v) is 1.29. The molecule has 0 aliphatic carbocycles. The number of halogens is 1. The van der Waals surface area contributed by atoms with E-state index in [2.05, 4.69) is 9.97 Å². The molecule has 5 heteroatoms. The molecule has 0 radical (unpaired) electrons. The smallest absolute Gasteiger partial charge is 0.259 e. The summed E-state index contributed by atoms with van der Waals surface area (Å²) in [6.45, 7) is 0. The van der Waals surface area contributed by atoms with Crippen molar-refractivity contribution in [1.29, 1.82) is 0 Å². The van der Waals surface area contributed by atoms with Gasteiger partial charge in [0.25, 0.3) is 5.56 Å². The first kappa shape index (κ1) is 8.07. The van der Waals surface area contributed by atoms with Gasteiger partial charge in [-0.1, -0.05) is 6.07 Å². The Bertz CT molecular complexity index is 521. The van der Waals surface area contributed by atoms with Crippen LogP contribution in [0, 0.1) is 0 Å². The first-order valence-corrected chi connectivity index (χ1v) is 3.94. The van der Waals surface area contributed by atoms with E-state index in [0.29, 0.717) is 5.39 Å². The van der Waals surface area contributed by atoms with Gasteiger partial charge in [0.2, 0.25) is 5.28 Å². The Morgan fingerprint density at radius 1 is 1.46 bits per heavy atom. The lowest BCUT2D eigenvalue weighted by atomic mass is 10.2. The van der Waals surface area contributed by atoms with Gasteiger partial charge in [0.1, 0.15) is 11.3 Å². The standard InChI is InChI=1S/C8H5ClN2O2/c9-8-10-6-4(7(13)11-8)2-1-3-5(6)12/h1-3,12H,(H,10,11,13). The molecule has 2 aromatic rings. The minimum Gasteiger partial charge on any atom is -0.506 e. The number of hydrogen-bond donors (Lipinski definition) is 2. The summed E-state index contributed by atoms with van der Waals surface area (Å²) in [5.74, 6) is -0.0505. The number of phenolic OH excluding ortho intramolecular Hbond substituents is 1. The van der Waals surface area contributed by atoms with Crippen molar-refractivity contribution < 1.29 is 5.11 Å². The van der Waals surface area contributed by atoms with Crippen LogP contribution in [0.4, 0.5) is 0 Å². The molecule has 0 unspecified atom stereocenters. The van der Waals surface area contributed by atoms with Crippen LogP contribution < -0.4 is 5.56 Å². The lowest BCUT2D eigenvalue weighted by Crippen LogP contribution is -2.07. The van der Waals surface area contributed by atoms with E-state index in [0.717, 1.165) is 0 Å². The monoisotopic (exact) mass is 196 g/mol. The molecule has 2 rings (SSSR count). The molecule has 13 heavy (non-hydrogen) atoms. The highest BCUT2D eigenvalue weighted by molar-refractivity contribution is 6.28. The highest BCUT2D eigenvalue weighted by Crippen LogP contribution is 2.19. The molecule has 0 atom stereocenters. The second kappa shape index (κ2) is 2.74. The summed E-state index contributed by atoms with van der Waals surface area (Å²) in [6, 6.07) is 4.59. The van der Waals surface area contributed by atoms with Gasteiger partial charge in [0.15, 0.2) is 0 Å². The van der Waals surface area contributed by atoms with Crippen LogP contribution in [0.3, 0.4) is 0 Å². The van der Waals surface area contributed by atoms with Crippen molar-refractivity contribution in [3.05, 3.63) is 33.8 Å². The molecule has 1 aromatic carbocycles. The van der Waals surface area contributed by atoms with Crippen LogP contribution in [0.2, 0.25) is 5.28 Å². The third-order valence-electron chi connectivity index (χ3n) is 1.69. The van der Waals surface area contributed by atoms with Gasteiger partial charge in [-0.2, -0.15) is 0 Å². The predicted molar refractivity (Wildman–Crippen MR) is 49.0 cm³/mol. The zero-order valence-electron chi connectivity index (χ0n) is 6.41. The minimum atomic E-state index is -0.356. The zero-order valence-corrected chi connectivity index (χ0v) is 7.17. The Balaban J connectivity index is 3.03. The number of phenols is 1. The number of para-hydroxylation sites is 1. The molecule has 0 saturated heterocycles. The highest BCUT2D eigenvalue weighted by atomic mass is 35.5. The number of aromatic hydroxyl groups is 1. The Morgan fingerprint density at radius 3 is 3.00 bits per heavy atom. The normalized spacial score (nSPS) is 10.5. The number of hydrogen-bond acceptors (Lipinski definition) is 3. The van der Waals surface area contributed by atoms with Gasteiger partial charge in [0, 0.05) is 0 Å². The lowest BCUT2D eigenvalue weighted by Gasteiger charge is -1.98. The maximum Gasteiger partial charge on any atom is 0.259 e. The lowest BCUT2D eigenvalue weighted by molar-refractivity contribution is 0.480. The van der Waals surface area contributed by atoms with Gasteiger partial charge < -0.3 is 5.11 Å². The van der Waals surface area contributed by atoms with Crippen LogP contribution in [0.15, 0.2) is 23.0 Å². The van der Waals surface area contributed by atoms with Crippen LogP contribution >= 0.6 is 11.6 Å². The largest absolute Gasteiger partial charge is 0.506 e. The Hall–Kier alpha value is -1.55. The molecule has 0 saturated carbocycles. The number of nitrogens with zero attached hydrogens (tertiary/aromatic N) is 1. The summed E-state index contributed by atoms with van der Waals surface area (Å²) in [5.41, 5.74) is -0.137. The molecule has 0 amide bonds. The van der Waals surface area contributed by atoms with E-state index in [9.17, 15) is 9.90 Å². The Labute approximate surface area is 77.8 Å². The first-order chi connectivity index (χ1) is 6.18. The molecule has 0 spiro atoms. The molecule has 1 aromatic heterocycles. The van der Waals surface area contributed by atoms with Gasteiger partial charge in [-0.3, -0.25) is 9.78 Å². The first-order valence-electron chi connectivity index (χ1n) is 3.56. The van der Waals surface area contributed by atoms with Crippen LogP contribution in [-0.4, -0.2) is 15.1 Å². The third kappa shape index (κ3) is 1.25. The minimum absolute atomic E-state index is 0.0287. The molecular formula is C8H5ClN2O2. The van der Waals surface area contributed by atoms with Crippen molar-refractivity contribution >= 4 is 22.5 Å². The summed E-state index contributed by atoms with van der Waals surface area (Å²) in [7, 11) is 0. The third-order valence-corrected chi connectivity index (χ3v) is 1.86. The van der Waals surface area contributed by atoms with E-state index in [1.807, 2.05) is 0 Å². The van der Waals surface area contributed by atoms with Crippen molar-refractivity contribution in [2.24, 2.45) is 0 Å². The van der Waals surface area contributed by atoms with Crippen molar-refractivity contribution in [2.45, 2.75) is 0 Å². The summed E-state index contributed by atoms with van der Waals surface area (Å²) >= 11 is 5.52. The van der Waals surface area contributed by atoms with Crippen molar-refractivity contribution in [2.75, 3.05) is 0 Å². The molecule has 0 aliphatic rings.